The van der Waals surface area contributed by atoms with Crippen LogP contribution in [0.4, 0.5) is 0 Å². The zero-order chi connectivity index (χ0) is 17.7. The van der Waals surface area contributed by atoms with E-state index in [1.54, 1.807) is 23.9 Å². The summed E-state index contributed by atoms with van der Waals surface area (Å²) >= 11 is 4.08. The zero-order valence-corrected chi connectivity index (χ0v) is 15.5. The van der Waals surface area contributed by atoms with Crippen molar-refractivity contribution in [3.05, 3.63) is 47.2 Å². The topological polar surface area (TPSA) is 63.5 Å². The predicted octanol–water partition coefficient (Wildman–Crippen LogP) is 2.97. The predicted molar refractivity (Wildman–Crippen MR) is 108 cm³/mol. The number of nitrogens with one attached hydrogen (secondary N) is 3. The number of nitrogens with zero attached hydrogens (tertiary/aromatic N) is 2. The van der Waals surface area contributed by atoms with Crippen LogP contribution in [-0.2, 0) is 0 Å². The fourth-order valence-electron chi connectivity index (χ4n) is 4.00. The minimum Gasteiger partial charge on any atom is -0.369 e. The van der Waals surface area contributed by atoms with Crippen molar-refractivity contribution in [2.24, 2.45) is 5.10 Å². The summed E-state index contributed by atoms with van der Waals surface area (Å²) in [5.41, 5.74) is 6.10. The highest BCUT2D eigenvalue weighted by Crippen LogP contribution is 2.33. The van der Waals surface area contributed by atoms with E-state index in [0.29, 0.717) is 5.71 Å². The zero-order valence-electron chi connectivity index (χ0n) is 14.6. The summed E-state index contributed by atoms with van der Waals surface area (Å²) in [6.45, 7) is 7.40. The van der Waals surface area contributed by atoms with Gasteiger partial charge < -0.3 is 15.6 Å². The second kappa shape index (κ2) is 8.06. The van der Waals surface area contributed by atoms with E-state index in [4.69, 9.17) is 5.41 Å². The van der Waals surface area contributed by atoms with Crippen LogP contribution in [0.2, 0.25) is 0 Å². The van der Waals surface area contributed by atoms with Gasteiger partial charge in [-0.3, -0.25) is 5.43 Å². The van der Waals surface area contributed by atoms with Crippen LogP contribution >= 0.6 is 12.6 Å². The Morgan fingerprint density at radius 2 is 2.20 bits per heavy atom. The summed E-state index contributed by atoms with van der Waals surface area (Å²) in [7, 11) is 0. The van der Waals surface area contributed by atoms with Crippen LogP contribution in [0.5, 0.6) is 0 Å². The van der Waals surface area contributed by atoms with Gasteiger partial charge in [0, 0.05) is 47.9 Å². The summed E-state index contributed by atoms with van der Waals surface area (Å²) in [6.07, 6.45) is 13.4. The van der Waals surface area contributed by atoms with Crippen LogP contribution in [-0.4, -0.2) is 42.0 Å². The molecule has 1 atom stereocenters. The second-order valence-corrected chi connectivity index (χ2v) is 7.21. The number of likely N-dealkylation sites (tertiary alicyclic amines) is 1. The molecule has 0 saturated carbocycles. The van der Waals surface area contributed by atoms with Gasteiger partial charge in [-0.1, -0.05) is 13.0 Å². The summed E-state index contributed by atoms with van der Waals surface area (Å²) in [6, 6.07) is 0. The van der Waals surface area contributed by atoms with Crippen molar-refractivity contribution >= 4 is 24.6 Å². The molecule has 0 radical (unpaired) electrons. The average molecular weight is 358 g/mol. The number of allylic oxidation sites excluding steroid dienone is 3. The van der Waals surface area contributed by atoms with E-state index >= 15 is 0 Å². The van der Waals surface area contributed by atoms with E-state index in [9.17, 15) is 0 Å². The van der Waals surface area contributed by atoms with Crippen LogP contribution in [0.3, 0.4) is 0 Å². The third kappa shape index (κ3) is 4.07. The first-order valence-electron chi connectivity index (χ1n) is 8.94. The molecule has 0 aromatic heterocycles. The normalized spacial score (nSPS) is 33.0. The van der Waals surface area contributed by atoms with E-state index in [0.717, 1.165) is 36.5 Å². The lowest BCUT2D eigenvalue weighted by Crippen LogP contribution is -2.58. The molecule has 3 N–H and O–H groups in total. The van der Waals surface area contributed by atoms with Crippen molar-refractivity contribution < 1.29 is 0 Å². The van der Waals surface area contributed by atoms with Crippen molar-refractivity contribution in [1.29, 1.82) is 5.41 Å². The Morgan fingerprint density at radius 1 is 1.36 bits per heavy atom. The van der Waals surface area contributed by atoms with Gasteiger partial charge in [0.25, 0.3) is 0 Å². The molecule has 3 aliphatic heterocycles. The minimum atomic E-state index is 0.220. The van der Waals surface area contributed by atoms with Gasteiger partial charge in [-0.2, -0.15) is 17.7 Å². The lowest BCUT2D eigenvalue weighted by molar-refractivity contribution is 0.124. The molecule has 1 unspecified atom stereocenters. The van der Waals surface area contributed by atoms with E-state index in [-0.39, 0.29) is 5.54 Å². The van der Waals surface area contributed by atoms with Gasteiger partial charge in [-0.05, 0) is 49.8 Å². The van der Waals surface area contributed by atoms with Crippen LogP contribution in [0.15, 0.2) is 52.3 Å². The minimum absolute atomic E-state index is 0.220. The van der Waals surface area contributed by atoms with Crippen molar-refractivity contribution in [3.63, 3.8) is 0 Å². The van der Waals surface area contributed by atoms with Crippen LogP contribution in [0.25, 0.3) is 0 Å². The molecular weight excluding hydrogens is 330 g/mol. The largest absolute Gasteiger partial charge is 0.369 e. The summed E-state index contributed by atoms with van der Waals surface area (Å²) in [4.78, 5) is 2.41. The first-order valence-corrected chi connectivity index (χ1v) is 9.45. The quantitative estimate of drug-likeness (QED) is 0.464. The summed E-state index contributed by atoms with van der Waals surface area (Å²) < 4.78 is 0. The van der Waals surface area contributed by atoms with Crippen molar-refractivity contribution in [2.45, 2.75) is 37.6 Å². The Kier molecular flexibility index (Phi) is 5.81. The van der Waals surface area contributed by atoms with Crippen molar-refractivity contribution in [1.82, 2.24) is 15.6 Å². The molecule has 6 heteroatoms. The molecule has 134 valence electrons. The maximum Gasteiger partial charge on any atom is 0.0639 e. The molecule has 2 saturated heterocycles. The van der Waals surface area contributed by atoms with Gasteiger partial charge in [0.05, 0.1) is 5.71 Å². The van der Waals surface area contributed by atoms with Crippen LogP contribution < -0.4 is 10.7 Å². The molecule has 3 rings (SSSR count). The van der Waals surface area contributed by atoms with Gasteiger partial charge in [0.1, 0.15) is 0 Å². The second-order valence-electron chi connectivity index (χ2n) is 6.91. The number of rotatable bonds is 3. The smallest absolute Gasteiger partial charge is 0.0639 e. The molecule has 0 aromatic carbocycles. The monoisotopic (exact) mass is 357 g/mol. The molecule has 0 amide bonds. The molecule has 5 nitrogen and oxygen atoms in total. The van der Waals surface area contributed by atoms with E-state index in [1.807, 2.05) is 6.08 Å². The molecule has 3 heterocycles. The third-order valence-electron chi connectivity index (χ3n) is 5.26. The maximum atomic E-state index is 8.26. The van der Waals surface area contributed by atoms with Gasteiger partial charge in [0.2, 0.25) is 0 Å². The third-order valence-corrected chi connectivity index (χ3v) is 5.40. The van der Waals surface area contributed by atoms with E-state index < -0.39 is 0 Å². The Balaban J connectivity index is 1.85. The summed E-state index contributed by atoms with van der Waals surface area (Å²) in [5.74, 6) is 0. The summed E-state index contributed by atoms with van der Waals surface area (Å²) in [5, 5.41) is 17.8. The first-order chi connectivity index (χ1) is 12.2. The van der Waals surface area contributed by atoms with E-state index in [1.165, 1.54) is 32.1 Å². The lowest BCUT2D eigenvalue weighted by atomic mass is 9.81. The Labute approximate surface area is 155 Å². The highest BCUT2D eigenvalue weighted by Gasteiger charge is 2.37. The SMILES string of the molecule is C=C1/C(C(=N)/C=C\S)=C\N/N=C\C=C/1N1CCCC2(CCCCN2)C1. The van der Waals surface area contributed by atoms with Crippen molar-refractivity contribution in [3.8, 4) is 0 Å². The molecular formula is C19H27N5S. The number of piperidine rings is 2. The van der Waals surface area contributed by atoms with Gasteiger partial charge in [-0.15, -0.1) is 0 Å². The Morgan fingerprint density at radius 3 is 2.96 bits per heavy atom. The molecule has 25 heavy (non-hydrogen) atoms. The van der Waals surface area contributed by atoms with Crippen LogP contribution in [0.1, 0.15) is 32.1 Å². The molecule has 2 fully saturated rings. The number of hydrazone groups is 1. The lowest BCUT2D eigenvalue weighted by Gasteiger charge is -2.47. The molecule has 0 aromatic rings. The van der Waals surface area contributed by atoms with Gasteiger partial charge in [0.15, 0.2) is 0 Å². The fraction of sp³-hybridized carbons (Fsp3) is 0.474. The van der Waals surface area contributed by atoms with Crippen molar-refractivity contribution in [2.75, 3.05) is 19.6 Å². The van der Waals surface area contributed by atoms with Crippen LogP contribution in [0, 0.1) is 5.41 Å². The molecule has 1 spiro atoms. The first kappa shape index (κ1) is 18.0. The van der Waals surface area contributed by atoms with E-state index in [2.05, 4.69) is 40.0 Å². The Hall–Kier alpha value is -1.79. The fourth-order valence-corrected chi connectivity index (χ4v) is 4.14. The maximum absolute atomic E-state index is 8.26. The number of hydrogen-bond acceptors (Lipinski definition) is 6. The van der Waals surface area contributed by atoms with Gasteiger partial charge in [-0.25, -0.2) is 0 Å². The number of thiol groups is 1. The molecule has 0 aliphatic carbocycles. The highest BCUT2D eigenvalue weighted by atomic mass is 32.1. The molecule has 0 bridgehead atoms. The number of hydrogen-bond donors (Lipinski definition) is 4. The molecule has 3 aliphatic rings. The average Bonchev–Trinajstić information content (AvgIpc) is 2.59. The highest BCUT2D eigenvalue weighted by molar-refractivity contribution is 7.83. The standard InChI is InChI=1S/C19H27N5S/c1-15-16(17(20)6-12-25)13-23-22-10-5-18(15)24-11-4-8-19(14-24)7-2-3-9-21-19/h5-6,10,12-13,20-21,23,25H,1-4,7-9,11,14H2/b12-6-,16-13+,18-5+,20-17?,22-10-. The Bertz CT molecular complexity index is 647. The van der Waals surface area contributed by atoms with Gasteiger partial charge >= 0.3 is 0 Å².